The van der Waals surface area contributed by atoms with E-state index in [9.17, 15) is 29.4 Å². The second-order valence-corrected chi connectivity index (χ2v) is 9.40. The average molecular weight is 609 g/mol. The Morgan fingerprint density at radius 1 is 0.791 bits per heavy atom. The highest BCUT2D eigenvalue weighted by Crippen LogP contribution is 2.39. The Labute approximate surface area is 250 Å². The van der Waals surface area contributed by atoms with Gasteiger partial charge in [0.15, 0.2) is 0 Å². The number of esters is 1. The number of benzene rings is 1. The van der Waals surface area contributed by atoms with Crippen molar-refractivity contribution in [2.45, 2.75) is 18.8 Å². The fourth-order valence-corrected chi connectivity index (χ4v) is 4.37. The molecular formula is C29H40N2O12. The number of hydrogen-bond donors (Lipinski definition) is 2. The van der Waals surface area contributed by atoms with Gasteiger partial charge in [-0.1, -0.05) is 0 Å². The molecule has 2 atom stereocenters. The normalized spacial score (nSPS) is 12.4. The third-order valence-electron chi connectivity index (χ3n) is 6.38. The molecule has 1 heterocycles. The van der Waals surface area contributed by atoms with E-state index in [1.54, 1.807) is 31.2 Å². The van der Waals surface area contributed by atoms with E-state index >= 15 is 0 Å². The molecule has 0 aliphatic rings. The van der Waals surface area contributed by atoms with Gasteiger partial charge < -0.3 is 43.5 Å². The fraction of sp³-hybridized carbons (Fsp3) is 0.517. The van der Waals surface area contributed by atoms with Gasteiger partial charge in [0.05, 0.1) is 53.4 Å². The van der Waals surface area contributed by atoms with Crippen molar-refractivity contribution >= 4 is 23.8 Å². The number of ether oxygens (including phenoxy) is 6. The molecule has 238 valence electrons. The smallest absolute Gasteiger partial charge is 0.355 e. The van der Waals surface area contributed by atoms with Crippen LogP contribution in [0.15, 0.2) is 24.3 Å². The maximum absolute atomic E-state index is 13.9. The second-order valence-electron chi connectivity index (χ2n) is 9.40. The maximum atomic E-state index is 13.9. The van der Waals surface area contributed by atoms with E-state index in [0.29, 0.717) is 5.75 Å². The number of nitrogens with zero attached hydrogens (tertiary/aromatic N) is 2. The second kappa shape index (κ2) is 17.2. The first-order chi connectivity index (χ1) is 20.5. The number of carbonyl (C=O) groups excluding carboxylic acids is 2. The van der Waals surface area contributed by atoms with Crippen LogP contribution in [-0.2, 0) is 33.3 Å². The van der Waals surface area contributed by atoms with Gasteiger partial charge in [0.2, 0.25) is 0 Å². The van der Waals surface area contributed by atoms with Crippen LogP contribution in [0, 0.1) is 0 Å². The molecule has 2 N–H and O–H groups in total. The Morgan fingerprint density at radius 2 is 1.28 bits per heavy atom. The molecule has 2 rings (SSSR count). The number of carboxylic acid groups (broad SMARTS) is 2. The molecular weight excluding hydrogens is 568 g/mol. The summed E-state index contributed by atoms with van der Waals surface area (Å²) in [6.45, 7) is 0.942. The molecule has 0 saturated carbocycles. The van der Waals surface area contributed by atoms with Crippen molar-refractivity contribution in [3.63, 3.8) is 0 Å². The molecule has 0 aliphatic carbocycles. The van der Waals surface area contributed by atoms with Crippen LogP contribution in [0.25, 0.3) is 5.69 Å². The van der Waals surface area contributed by atoms with Crippen LogP contribution < -0.4 is 4.74 Å². The summed E-state index contributed by atoms with van der Waals surface area (Å²) in [4.78, 5) is 54.4. The van der Waals surface area contributed by atoms with Gasteiger partial charge in [-0.2, -0.15) is 0 Å². The Balaban J connectivity index is 3.12. The minimum atomic E-state index is -1.58. The van der Waals surface area contributed by atoms with Crippen molar-refractivity contribution in [3.05, 3.63) is 46.8 Å². The number of methoxy groups -OCH3 is 3. The standard InChI is InChI=1S/C29H40N2O12/c1-7-43-29(37)25-23(21(28(35)36)17-42-15-13-39-5)22(20(27(33)34)16-41-14-12-38-4)24(26(32)30(2)3)31(25)18-8-10-19(40-6)11-9-18/h8-11,20-21H,7,12-17H2,1-6H3,(H,33,34)(H,35,36). The summed E-state index contributed by atoms with van der Waals surface area (Å²) in [5.74, 6) is -7.14. The molecule has 0 fully saturated rings. The van der Waals surface area contributed by atoms with Crippen LogP contribution >= 0.6 is 0 Å². The molecule has 1 amide bonds. The quantitative estimate of drug-likeness (QED) is 0.176. The zero-order chi connectivity index (χ0) is 32.1. The Kier molecular flexibility index (Phi) is 14.1. The number of amides is 1. The molecule has 14 nitrogen and oxygen atoms in total. The van der Waals surface area contributed by atoms with Crippen LogP contribution in [0.4, 0.5) is 0 Å². The largest absolute Gasteiger partial charge is 0.497 e. The average Bonchev–Trinajstić information content (AvgIpc) is 3.31. The molecule has 0 aliphatic heterocycles. The maximum Gasteiger partial charge on any atom is 0.355 e. The van der Waals surface area contributed by atoms with Gasteiger partial charge in [-0.15, -0.1) is 0 Å². The third-order valence-corrected chi connectivity index (χ3v) is 6.38. The summed E-state index contributed by atoms with van der Waals surface area (Å²) in [5.41, 5.74) is -0.731. The van der Waals surface area contributed by atoms with Crippen molar-refractivity contribution in [2.24, 2.45) is 0 Å². The Bertz CT molecular complexity index is 1240. The number of rotatable bonds is 19. The highest BCUT2D eigenvalue weighted by Gasteiger charge is 2.43. The Hall–Kier alpha value is -3.98. The van der Waals surface area contributed by atoms with E-state index in [1.165, 1.54) is 44.9 Å². The van der Waals surface area contributed by atoms with Crippen LogP contribution in [-0.4, -0.2) is 125 Å². The summed E-state index contributed by atoms with van der Waals surface area (Å²) in [7, 11) is 7.27. The number of carboxylic acids is 2. The summed E-state index contributed by atoms with van der Waals surface area (Å²) < 4.78 is 33.0. The summed E-state index contributed by atoms with van der Waals surface area (Å²) >= 11 is 0. The lowest BCUT2D eigenvalue weighted by Gasteiger charge is -2.21. The van der Waals surface area contributed by atoms with Crippen molar-refractivity contribution in [2.75, 3.05) is 81.7 Å². The third kappa shape index (κ3) is 8.76. The molecule has 2 aromatic rings. The molecule has 0 spiro atoms. The van der Waals surface area contributed by atoms with Crippen molar-refractivity contribution in [1.82, 2.24) is 9.47 Å². The highest BCUT2D eigenvalue weighted by atomic mass is 16.5. The van der Waals surface area contributed by atoms with E-state index in [1.807, 2.05) is 0 Å². The summed E-state index contributed by atoms with van der Waals surface area (Å²) in [5, 5.41) is 20.8. The fourth-order valence-electron chi connectivity index (χ4n) is 4.37. The van der Waals surface area contributed by atoms with Crippen LogP contribution in [0.3, 0.4) is 0 Å². The zero-order valence-corrected chi connectivity index (χ0v) is 25.3. The predicted octanol–water partition coefficient (Wildman–Crippen LogP) is 2.03. The SMILES string of the molecule is CCOC(=O)c1c(C(COCCOC)C(=O)O)c(C(COCCOC)C(=O)O)c(C(=O)N(C)C)n1-c1ccc(OC)cc1. The van der Waals surface area contributed by atoms with Gasteiger partial charge in [0.25, 0.3) is 5.91 Å². The van der Waals surface area contributed by atoms with Crippen LogP contribution in [0.2, 0.25) is 0 Å². The molecule has 43 heavy (non-hydrogen) atoms. The molecule has 14 heteroatoms. The van der Waals surface area contributed by atoms with E-state index in [0.717, 1.165) is 0 Å². The number of carbonyl (C=O) groups is 4. The monoisotopic (exact) mass is 608 g/mol. The van der Waals surface area contributed by atoms with Crippen LogP contribution in [0.1, 0.15) is 50.9 Å². The molecule has 0 radical (unpaired) electrons. The van der Waals surface area contributed by atoms with Crippen LogP contribution in [0.5, 0.6) is 5.75 Å². The van der Waals surface area contributed by atoms with Gasteiger partial charge in [-0.05, 0) is 31.2 Å². The zero-order valence-electron chi connectivity index (χ0n) is 25.3. The molecule has 1 aromatic carbocycles. The van der Waals surface area contributed by atoms with Gasteiger partial charge in [0, 0.05) is 45.1 Å². The number of hydrogen-bond acceptors (Lipinski definition) is 10. The minimum absolute atomic E-state index is 0.0233. The van der Waals surface area contributed by atoms with Gasteiger partial charge in [-0.25, -0.2) is 4.79 Å². The predicted molar refractivity (Wildman–Crippen MR) is 152 cm³/mol. The van der Waals surface area contributed by atoms with Gasteiger partial charge >= 0.3 is 17.9 Å². The first kappa shape index (κ1) is 35.2. The summed E-state index contributed by atoms with van der Waals surface area (Å²) in [6.07, 6.45) is 0. The van der Waals surface area contributed by atoms with E-state index in [2.05, 4.69) is 0 Å². The first-order valence-corrected chi connectivity index (χ1v) is 13.5. The topological polar surface area (TPSA) is 172 Å². The lowest BCUT2D eigenvalue weighted by Crippen LogP contribution is -2.29. The van der Waals surface area contributed by atoms with Crippen molar-refractivity contribution in [3.8, 4) is 11.4 Å². The lowest BCUT2D eigenvalue weighted by atomic mass is 9.87. The summed E-state index contributed by atoms with van der Waals surface area (Å²) in [6, 6.07) is 6.27. The molecule has 0 saturated heterocycles. The number of aromatic nitrogens is 1. The first-order valence-electron chi connectivity index (χ1n) is 13.5. The number of aliphatic carboxylic acids is 2. The Morgan fingerprint density at radius 3 is 1.67 bits per heavy atom. The van der Waals surface area contributed by atoms with E-state index in [4.69, 9.17) is 28.4 Å². The minimum Gasteiger partial charge on any atom is -0.497 e. The van der Waals surface area contributed by atoms with Crippen molar-refractivity contribution in [1.29, 1.82) is 0 Å². The van der Waals surface area contributed by atoms with E-state index < -0.39 is 48.9 Å². The lowest BCUT2D eigenvalue weighted by molar-refractivity contribution is -0.142. The van der Waals surface area contributed by atoms with Crippen molar-refractivity contribution < 1.29 is 57.8 Å². The highest BCUT2D eigenvalue weighted by molar-refractivity contribution is 6.03. The van der Waals surface area contributed by atoms with E-state index in [-0.39, 0.29) is 61.2 Å². The molecule has 0 bridgehead atoms. The molecule has 2 unspecified atom stereocenters. The van der Waals surface area contributed by atoms with Gasteiger partial charge in [-0.3, -0.25) is 19.0 Å². The molecule has 1 aromatic heterocycles. The van der Waals surface area contributed by atoms with Gasteiger partial charge in [0.1, 0.15) is 29.0 Å².